The number of amides is 1. The first-order valence-electron chi connectivity index (χ1n) is 4.42. The molecule has 1 aliphatic carbocycles. The van der Waals surface area contributed by atoms with Crippen molar-refractivity contribution in [2.75, 3.05) is 0 Å². The predicted octanol–water partition coefficient (Wildman–Crippen LogP) is 0.803. The number of carbonyl (C=O) groups is 1. The highest BCUT2D eigenvalue weighted by Gasteiger charge is 2.49. The molecule has 1 rings (SSSR count). The van der Waals surface area contributed by atoms with Crippen LogP contribution >= 0.6 is 0 Å². The number of hydrogen-bond acceptors (Lipinski definition) is 2. The molecule has 12 heavy (non-hydrogen) atoms. The molecule has 70 valence electrons. The lowest BCUT2D eigenvalue weighted by Gasteiger charge is -2.43. The van der Waals surface area contributed by atoms with Gasteiger partial charge >= 0.3 is 0 Å². The lowest BCUT2D eigenvalue weighted by Crippen LogP contribution is -2.56. The van der Waals surface area contributed by atoms with E-state index in [0.29, 0.717) is 6.42 Å². The summed E-state index contributed by atoms with van der Waals surface area (Å²) in [5.74, 6) is -0.577. The smallest absolute Gasteiger partial charge is 0.249 e. The summed E-state index contributed by atoms with van der Waals surface area (Å²) in [5.41, 5.74) is 3.54. The van der Waals surface area contributed by atoms with Gasteiger partial charge in [0.25, 0.3) is 0 Å². The molecule has 0 aromatic heterocycles. The molecule has 0 bridgehead atoms. The standard InChI is InChI=1S/C9H17NO2/c1-8(2)5-3-4-6-9(8,12)7(10)11/h12H,3-6H2,1-2H3,(H2,10,11). The third-order valence-corrected chi connectivity index (χ3v) is 3.12. The first-order valence-corrected chi connectivity index (χ1v) is 4.42. The molecule has 0 radical (unpaired) electrons. The maximum absolute atomic E-state index is 11.1. The molecule has 1 aliphatic rings. The molecule has 3 N–H and O–H groups in total. The van der Waals surface area contributed by atoms with Crippen LogP contribution in [0.1, 0.15) is 39.5 Å². The van der Waals surface area contributed by atoms with Crippen LogP contribution < -0.4 is 5.73 Å². The van der Waals surface area contributed by atoms with Crippen molar-refractivity contribution in [3.8, 4) is 0 Å². The average Bonchev–Trinajstić information content (AvgIpc) is 1.95. The van der Waals surface area contributed by atoms with Crippen molar-refractivity contribution >= 4 is 5.91 Å². The fourth-order valence-corrected chi connectivity index (χ4v) is 1.95. The van der Waals surface area contributed by atoms with Gasteiger partial charge in [0.2, 0.25) is 5.91 Å². The fourth-order valence-electron chi connectivity index (χ4n) is 1.95. The topological polar surface area (TPSA) is 63.3 Å². The highest BCUT2D eigenvalue weighted by atomic mass is 16.3. The minimum Gasteiger partial charge on any atom is -0.379 e. The van der Waals surface area contributed by atoms with Crippen LogP contribution in [0.4, 0.5) is 0 Å². The van der Waals surface area contributed by atoms with E-state index in [1.54, 1.807) is 0 Å². The molecule has 3 heteroatoms. The molecule has 1 unspecified atom stereocenters. The molecule has 1 saturated carbocycles. The Kier molecular flexibility index (Phi) is 2.17. The van der Waals surface area contributed by atoms with E-state index in [4.69, 9.17) is 5.73 Å². The van der Waals surface area contributed by atoms with Crippen molar-refractivity contribution in [3.05, 3.63) is 0 Å². The number of nitrogens with two attached hydrogens (primary N) is 1. The van der Waals surface area contributed by atoms with E-state index in [2.05, 4.69) is 0 Å². The third-order valence-electron chi connectivity index (χ3n) is 3.12. The van der Waals surface area contributed by atoms with E-state index in [1.807, 2.05) is 13.8 Å². The zero-order valence-corrected chi connectivity index (χ0v) is 7.76. The summed E-state index contributed by atoms with van der Waals surface area (Å²) < 4.78 is 0. The van der Waals surface area contributed by atoms with Gasteiger partial charge in [0.05, 0.1) is 0 Å². The van der Waals surface area contributed by atoms with E-state index >= 15 is 0 Å². The van der Waals surface area contributed by atoms with Crippen molar-refractivity contribution < 1.29 is 9.90 Å². The van der Waals surface area contributed by atoms with Crippen molar-refractivity contribution in [1.29, 1.82) is 0 Å². The molecule has 0 aromatic rings. The van der Waals surface area contributed by atoms with Crippen LogP contribution in [0, 0.1) is 5.41 Å². The highest BCUT2D eigenvalue weighted by molar-refractivity contribution is 5.84. The van der Waals surface area contributed by atoms with E-state index < -0.39 is 11.5 Å². The molecule has 0 aromatic carbocycles. The zero-order valence-electron chi connectivity index (χ0n) is 7.76. The largest absolute Gasteiger partial charge is 0.379 e. The van der Waals surface area contributed by atoms with Crippen molar-refractivity contribution in [2.24, 2.45) is 11.1 Å². The second-order valence-electron chi connectivity index (χ2n) is 4.32. The molecule has 3 nitrogen and oxygen atoms in total. The lowest BCUT2D eigenvalue weighted by atomic mass is 9.65. The molecule has 0 aliphatic heterocycles. The zero-order chi connectivity index (χ0) is 9.41. The Hall–Kier alpha value is -0.570. The normalized spacial score (nSPS) is 34.6. The molecule has 0 heterocycles. The summed E-state index contributed by atoms with van der Waals surface area (Å²) in [6, 6.07) is 0. The second kappa shape index (κ2) is 2.73. The number of primary amides is 1. The van der Waals surface area contributed by atoms with E-state index in [-0.39, 0.29) is 5.41 Å². The number of carbonyl (C=O) groups excluding carboxylic acids is 1. The Bertz CT molecular complexity index is 201. The van der Waals surface area contributed by atoms with Crippen LogP contribution in [0.2, 0.25) is 0 Å². The monoisotopic (exact) mass is 171 g/mol. The molecule has 1 fully saturated rings. The maximum atomic E-state index is 11.1. The predicted molar refractivity (Wildman–Crippen MR) is 46.4 cm³/mol. The van der Waals surface area contributed by atoms with Crippen molar-refractivity contribution in [3.63, 3.8) is 0 Å². The third kappa shape index (κ3) is 1.22. The van der Waals surface area contributed by atoms with Crippen molar-refractivity contribution in [1.82, 2.24) is 0 Å². The second-order valence-corrected chi connectivity index (χ2v) is 4.32. The van der Waals surface area contributed by atoms with Crippen LogP contribution in [0.25, 0.3) is 0 Å². The highest BCUT2D eigenvalue weighted by Crippen LogP contribution is 2.43. The average molecular weight is 171 g/mol. The van der Waals surface area contributed by atoms with Crippen LogP contribution in [-0.2, 0) is 4.79 Å². The van der Waals surface area contributed by atoms with Crippen LogP contribution in [-0.4, -0.2) is 16.6 Å². The van der Waals surface area contributed by atoms with Crippen LogP contribution in [0.3, 0.4) is 0 Å². The van der Waals surface area contributed by atoms with Gasteiger partial charge in [-0.2, -0.15) is 0 Å². The summed E-state index contributed by atoms with van der Waals surface area (Å²) >= 11 is 0. The van der Waals surface area contributed by atoms with Gasteiger partial charge in [-0.25, -0.2) is 0 Å². The number of hydrogen-bond donors (Lipinski definition) is 2. The van der Waals surface area contributed by atoms with Gasteiger partial charge in [-0.15, -0.1) is 0 Å². The fraction of sp³-hybridized carbons (Fsp3) is 0.889. The van der Waals surface area contributed by atoms with Crippen LogP contribution in [0.15, 0.2) is 0 Å². The van der Waals surface area contributed by atoms with Gasteiger partial charge in [0.15, 0.2) is 0 Å². The summed E-state index contributed by atoms with van der Waals surface area (Å²) in [4.78, 5) is 11.1. The van der Waals surface area contributed by atoms with Gasteiger partial charge in [-0.3, -0.25) is 4.79 Å². The quantitative estimate of drug-likeness (QED) is 0.613. The minimum atomic E-state index is -1.29. The SMILES string of the molecule is CC1(C)CCCCC1(O)C(N)=O. The Labute approximate surface area is 72.9 Å². The van der Waals surface area contributed by atoms with E-state index in [1.165, 1.54) is 0 Å². The van der Waals surface area contributed by atoms with E-state index in [0.717, 1.165) is 19.3 Å². The number of aliphatic hydroxyl groups is 1. The van der Waals surface area contributed by atoms with Gasteiger partial charge in [0, 0.05) is 5.41 Å². The Morgan fingerprint density at radius 2 is 1.83 bits per heavy atom. The molecule has 1 atom stereocenters. The lowest BCUT2D eigenvalue weighted by molar-refractivity contribution is -0.156. The van der Waals surface area contributed by atoms with Crippen LogP contribution in [0.5, 0.6) is 0 Å². The molecule has 1 amide bonds. The first-order chi connectivity index (χ1) is 5.40. The van der Waals surface area contributed by atoms with Gasteiger partial charge in [-0.1, -0.05) is 20.3 Å². The Morgan fingerprint density at radius 3 is 2.17 bits per heavy atom. The molecule has 0 spiro atoms. The van der Waals surface area contributed by atoms with Gasteiger partial charge in [0.1, 0.15) is 5.60 Å². The Morgan fingerprint density at radius 1 is 1.33 bits per heavy atom. The summed E-state index contributed by atoms with van der Waals surface area (Å²) in [7, 11) is 0. The molecular formula is C9H17NO2. The van der Waals surface area contributed by atoms with E-state index in [9.17, 15) is 9.90 Å². The Balaban J connectivity index is 2.91. The molecular weight excluding hydrogens is 154 g/mol. The first kappa shape index (κ1) is 9.52. The number of rotatable bonds is 1. The van der Waals surface area contributed by atoms with Gasteiger partial charge < -0.3 is 10.8 Å². The summed E-state index contributed by atoms with van der Waals surface area (Å²) in [6.45, 7) is 3.80. The summed E-state index contributed by atoms with van der Waals surface area (Å²) in [5, 5.41) is 10.0. The minimum absolute atomic E-state index is 0.364. The van der Waals surface area contributed by atoms with Gasteiger partial charge in [-0.05, 0) is 19.3 Å². The molecule has 0 saturated heterocycles. The summed E-state index contributed by atoms with van der Waals surface area (Å²) in [6.07, 6.45) is 3.34. The van der Waals surface area contributed by atoms with Crippen molar-refractivity contribution in [2.45, 2.75) is 45.1 Å². The maximum Gasteiger partial charge on any atom is 0.249 e.